The third-order valence-corrected chi connectivity index (χ3v) is 5.21. The summed E-state index contributed by atoms with van der Waals surface area (Å²) >= 11 is 5.80. The fourth-order valence-electron chi connectivity index (χ4n) is 3.51. The first-order valence-electron chi connectivity index (χ1n) is 8.41. The molecule has 0 atom stereocenters. The molecule has 9 heteroatoms. The molecular formula is C19H14ClFN4O3. The Balaban J connectivity index is 1.96. The van der Waals surface area contributed by atoms with Crippen LogP contribution in [0.2, 0.25) is 5.02 Å². The summed E-state index contributed by atoms with van der Waals surface area (Å²) in [5, 5.41) is 20.1. The maximum atomic E-state index is 13.4. The number of rotatable bonds is 2. The zero-order chi connectivity index (χ0) is 20.2. The Morgan fingerprint density at radius 1 is 1.32 bits per heavy atom. The van der Waals surface area contributed by atoms with Gasteiger partial charge in [-0.05, 0) is 17.7 Å². The van der Waals surface area contributed by atoms with Gasteiger partial charge in [0.1, 0.15) is 17.3 Å². The highest BCUT2D eigenvalue weighted by Gasteiger charge is 2.32. The zero-order valence-electron chi connectivity index (χ0n) is 14.7. The Morgan fingerprint density at radius 2 is 2.07 bits per heavy atom. The second kappa shape index (κ2) is 6.39. The second-order valence-electron chi connectivity index (χ2n) is 6.64. The van der Waals surface area contributed by atoms with Crippen LogP contribution in [0.1, 0.15) is 21.6 Å². The van der Waals surface area contributed by atoms with Crippen LogP contribution in [-0.2, 0) is 13.1 Å². The molecule has 3 heterocycles. The van der Waals surface area contributed by atoms with Crippen molar-refractivity contribution in [3.05, 3.63) is 62.4 Å². The fraction of sp³-hybridized carbons (Fsp3) is 0.211. The number of fused-ring (bicyclic) bond motifs is 3. The Kier molecular flexibility index (Phi) is 4.12. The van der Waals surface area contributed by atoms with Crippen LogP contribution >= 0.6 is 11.6 Å². The van der Waals surface area contributed by atoms with E-state index in [9.17, 15) is 24.3 Å². The van der Waals surface area contributed by atoms with Crippen molar-refractivity contribution in [2.75, 3.05) is 13.6 Å². The van der Waals surface area contributed by atoms with E-state index in [-0.39, 0.29) is 33.7 Å². The fourth-order valence-corrected chi connectivity index (χ4v) is 3.72. The first-order valence-corrected chi connectivity index (χ1v) is 8.79. The Bertz CT molecular complexity index is 1260. The number of nitriles is 1. The van der Waals surface area contributed by atoms with E-state index in [4.69, 9.17) is 11.6 Å². The third kappa shape index (κ3) is 2.55. The average Bonchev–Trinajstić information content (AvgIpc) is 2.97. The van der Waals surface area contributed by atoms with Crippen molar-refractivity contribution in [2.45, 2.75) is 13.1 Å². The van der Waals surface area contributed by atoms with Crippen LogP contribution in [0, 0.1) is 17.1 Å². The summed E-state index contributed by atoms with van der Waals surface area (Å²) < 4.78 is 16.1. The standard InChI is InChI=1S/C19H14ClFN4O3/c1-23-4-5-25-15-11(7-22)9-24(8-10-2-3-13(21)12(20)6-10)18(27)14(15)17(26)16(25)19(23)28/h2-3,6,9,26H,4-5,8H2,1H3. The molecule has 1 amide bonds. The molecule has 0 unspecified atom stereocenters. The first-order chi connectivity index (χ1) is 13.3. The lowest BCUT2D eigenvalue weighted by Gasteiger charge is -2.24. The number of carbonyl (C=O) groups excluding carboxylic acids is 1. The maximum Gasteiger partial charge on any atom is 0.274 e. The summed E-state index contributed by atoms with van der Waals surface area (Å²) in [7, 11) is 1.60. The highest BCUT2D eigenvalue weighted by molar-refractivity contribution is 6.30. The molecule has 0 spiro atoms. The highest BCUT2D eigenvalue weighted by atomic mass is 35.5. The van der Waals surface area contributed by atoms with Gasteiger partial charge < -0.3 is 19.1 Å². The number of hydrogen-bond acceptors (Lipinski definition) is 4. The topological polar surface area (TPSA) is 91.3 Å². The Labute approximate surface area is 163 Å². The second-order valence-corrected chi connectivity index (χ2v) is 7.04. The summed E-state index contributed by atoms with van der Waals surface area (Å²) in [4.78, 5) is 26.9. The van der Waals surface area contributed by atoms with E-state index in [2.05, 4.69) is 0 Å². The van der Waals surface area contributed by atoms with Crippen molar-refractivity contribution in [1.29, 1.82) is 5.26 Å². The van der Waals surface area contributed by atoms with Gasteiger partial charge in [-0.25, -0.2) is 4.39 Å². The van der Waals surface area contributed by atoms with Gasteiger partial charge in [-0.2, -0.15) is 5.26 Å². The van der Waals surface area contributed by atoms with Crippen LogP contribution in [0.25, 0.3) is 10.9 Å². The zero-order valence-corrected chi connectivity index (χ0v) is 15.5. The molecule has 4 rings (SSSR count). The van der Waals surface area contributed by atoms with Gasteiger partial charge in [-0.1, -0.05) is 17.7 Å². The molecule has 28 heavy (non-hydrogen) atoms. The van der Waals surface area contributed by atoms with E-state index in [1.165, 1.54) is 38.4 Å². The molecule has 3 aromatic rings. The third-order valence-electron chi connectivity index (χ3n) is 4.92. The quantitative estimate of drug-likeness (QED) is 0.714. The van der Waals surface area contributed by atoms with Gasteiger partial charge in [0, 0.05) is 26.3 Å². The molecule has 142 valence electrons. The van der Waals surface area contributed by atoms with Crippen molar-refractivity contribution in [3.63, 3.8) is 0 Å². The van der Waals surface area contributed by atoms with Crippen LogP contribution in [-0.4, -0.2) is 38.6 Å². The molecule has 1 N–H and O–H groups in total. The molecule has 7 nitrogen and oxygen atoms in total. The van der Waals surface area contributed by atoms with Crippen molar-refractivity contribution in [3.8, 4) is 11.8 Å². The minimum absolute atomic E-state index is 0.0000679. The number of halogens is 2. The number of benzene rings is 1. The van der Waals surface area contributed by atoms with E-state index in [0.29, 0.717) is 18.7 Å². The number of pyridine rings is 1. The molecule has 1 aromatic carbocycles. The van der Waals surface area contributed by atoms with E-state index in [0.717, 1.165) is 0 Å². The van der Waals surface area contributed by atoms with Crippen molar-refractivity contribution in [1.82, 2.24) is 14.0 Å². The lowest BCUT2D eigenvalue weighted by atomic mass is 10.1. The molecule has 0 saturated heterocycles. The van der Waals surface area contributed by atoms with Crippen molar-refractivity contribution < 1.29 is 14.3 Å². The minimum atomic E-state index is -0.577. The highest BCUT2D eigenvalue weighted by Crippen LogP contribution is 2.34. The number of aromatic nitrogens is 2. The number of amides is 1. The molecule has 0 bridgehead atoms. The van der Waals surface area contributed by atoms with Gasteiger partial charge in [-0.3, -0.25) is 9.59 Å². The van der Waals surface area contributed by atoms with Gasteiger partial charge >= 0.3 is 0 Å². The number of nitrogens with zero attached hydrogens (tertiary/aromatic N) is 4. The van der Waals surface area contributed by atoms with Crippen LogP contribution in [0.5, 0.6) is 5.75 Å². The molecule has 0 fully saturated rings. The van der Waals surface area contributed by atoms with Gasteiger partial charge in [-0.15, -0.1) is 0 Å². The smallest absolute Gasteiger partial charge is 0.274 e. The van der Waals surface area contributed by atoms with E-state index in [1.54, 1.807) is 7.05 Å². The van der Waals surface area contributed by atoms with Crippen LogP contribution in [0.4, 0.5) is 4.39 Å². The van der Waals surface area contributed by atoms with Crippen LogP contribution in [0.15, 0.2) is 29.2 Å². The van der Waals surface area contributed by atoms with Crippen LogP contribution in [0.3, 0.4) is 0 Å². The van der Waals surface area contributed by atoms with Gasteiger partial charge in [0.15, 0.2) is 11.4 Å². The van der Waals surface area contributed by atoms with Crippen molar-refractivity contribution >= 4 is 28.4 Å². The number of aromatic hydroxyl groups is 1. The monoisotopic (exact) mass is 400 g/mol. The Hall–Kier alpha value is -3.31. The summed E-state index contributed by atoms with van der Waals surface area (Å²) in [5.41, 5.74) is 0.400. The predicted octanol–water partition coefficient (Wildman–Crippen LogP) is 2.31. The van der Waals surface area contributed by atoms with Gasteiger partial charge in [0.05, 0.1) is 22.6 Å². The van der Waals surface area contributed by atoms with E-state index >= 15 is 0 Å². The summed E-state index contributed by atoms with van der Waals surface area (Å²) in [6.45, 7) is 0.786. The number of hydrogen-bond donors (Lipinski definition) is 1. The number of likely N-dealkylation sites (N-methyl/N-ethyl adjacent to an activating group) is 1. The molecule has 0 aliphatic carbocycles. The molecular weight excluding hydrogens is 387 g/mol. The van der Waals surface area contributed by atoms with Gasteiger partial charge in [0.25, 0.3) is 11.5 Å². The normalized spacial score (nSPS) is 13.6. The maximum absolute atomic E-state index is 13.4. The lowest BCUT2D eigenvalue weighted by molar-refractivity contribution is 0.0747. The van der Waals surface area contributed by atoms with Crippen LogP contribution < -0.4 is 5.56 Å². The Morgan fingerprint density at radius 3 is 2.75 bits per heavy atom. The molecule has 1 aliphatic rings. The predicted molar refractivity (Wildman–Crippen MR) is 100 cm³/mol. The van der Waals surface area contributed by atoms with Crippen molar-refractivity contribution in [2.24, 2.45) is 0 Å². The summed E-state index contributed by atoms with van der Waals surface area (Å²) in [6, 6.07) is 6.09. The van der Waals surface area contributed by atoms with Gasteiger partial charge in [0.2, 0.25) is 0 Å². The average molecular weight is 401 g/mol. The first kappa shape index (κ1) is 18.1. The minimum Gasteiger partial charge on any atom is -0.505 e. The molecule has 0 saturated carbocycles. The molecule has 1 aliphatic heterocycles. The summed E-state index contributed by atoms with van der Waals surface area (Å²) in [5.74, 6) is -1.43. The summed E-state index contributed by atoms with van der Waals surface area (Å²) in [6.07, 6.45) is 1.37. The SMILES string of the molecule is CN1CCn2c(c(O)c3c(=O)n(Cc4ccc(F)c(Cl)c4)cc(C#N)c32)C1=O. The lowest BCUT2D eigenvalue weighted by Crippen LogP contribution is -2.37. The van der Waals surface area contributed by atoms with E-state index < -0.39 is 23.0 Å². The van der Waals surface area contributed by atoms with E-state index in [1.807, 2.05) is 6.07 Å². The molecule has 2 aromatic heterocycles. The molecule has 0 radical (unpaired) electrons. The largest absolute Gasteiger partial charge is 0.505 e. The number of carbonyl (C=O) groups is 1.